The van der Waals surface area contributed by atoms with Crippen molar-refractivity contribution in [2.75, 3.05) is 16.8 Å². The highest BCUT2D eigenvalue weighted by Crippen LogP contribution is 2.31. The average molecular weight is 409 g/mol. The number of rotatable bonds is 4. The van der Waals surface area contributed by atoms with E-state index >= 15 is 0 Å². The molecule has 1 aromatic heterocycles. The minimum atomic E-state index is -1.52. The molecule has 1 aromatic carbocycles. The summed E-state index contributed by atoms with van der Waals surface area (Å²) < 4.78 is 54.8. The fourth-order valence-corrected chi connectivity index (χ4v) is 3.36. The number of fused-ring (bicyclic) bond motifs is 1. The van der Waals surface area contributed by atoms with E-state index in [9.17, 15) is 22.4 Å². The molecule has 8 heteroatoms. The van der Waals surface area contributed by atoms with Crippen molar-refractivity contribution in [3.8, 4) is 0 Å². The van der Waals surface area contributed by atoms with E-state index < -0.39 is 23.3 Å². The monoisotopic (exact) mass is 409 g/mol. The van der Waals surface area contributed by atoms with Gasteiger partial charge in [0.25, 0.3) is 0 Å². The third-order valence-corrected chi connectivity index (χ3v) is 4.58. The number of hydrogen-bond acceptors (Lipinski definition) is 3. The van der Waals surface area contributed by atoms with E-state index in [-0.39, 0.29) is 35.7 Å². The molecule has 29 heavy (non-hydrogen) atoms. The molecule has 0 saturated carbocycles. The number of hydrogen-bond donors (Lipinski definition) is 1. The summed E-state index contributed by atoms with van der Waals surface area (Å²) in [5.41, 5.74) is 1.07. The minimum Gasteiger partial charge on any atom is -0.366 e. The largest absolute Gasteiger partial charge is 0.366 e. The third kappa shape index (κ3) is 5.05. The number of benzene rings is 1. The van der Waals surface area contributed by atoms with E-state index in [0.717, 1.165) is 12.1 Å². The first-order valence-corrected chi connectivity index (χ1v) is 9.41. The van der Waals surface area contributed by atoms with Crippen LogP contribution in [-0.2, 0) is 17.8 Å². The van der Waals surface area contributed by atoms with Crippen molar-refractivity contribution in [2.24, 2.45) is 5.41 Å². The number of amides is 1. The van der Waals surface area contributed by atoms with Gasteiger partial charge in [-0.3, -0.25) is 4.79 Å². The normalized spacial score (nSPS) is 14.0. The second kappa shape index (κ2) is 8.00. The maximum atomic E-state index is 14.6. The Labute approximate surface area is 166 Å². The Kier molecular flexibility index (Phi) is 5.82. The van der Waals surface area contributed by atoms with Gasteiger partial charge in [0.15, 0.2) is 29.1 Å². The fourth-order valence-electron chi connectivity index (χ4n) is 3.36. The van der Waals surface area contributed by atoms with Crippen LogP contribution in [-0.4, -0.2) is 17.4 Å². The van der Waals surface area contributed by atoms with Gasteiger partial charge in [-0.05, 0) is 36.0 Å². The Morgan fingerprint density at radius 3 is 2.38 bits per heavy atom. The number of carbonyl (C=O) groups is 1. The zero-order chi connectivity index (χ0) is 21.3. The molecule has 0 fully saturated rings. The number of nitrogens with one attached hydrogen (secondary N) is 1. The van der Waals surface area contributed by atoms with Crippen LogP contribution in [0.1, 0.15) is 44.9 Å². The van der Waals surface area contributed by atoms with Crippen LogP contribution in [0.2, 0.25) is 0 Å². The number of anilines is 2. The summed E-state index contributed by atoms with van der Waals surface area (Å²) in [5.74, 6) is -5.19. The summed E-state index contributed by atoms with van der Waals surface area (Å²) in [4.78, 5) is 18.1. The summed E-state index contributed by atoms with van der Waals surface area (Å²) >= 11 is 0. The van der Waals surface area contributed by atoms with Crippen LogP contribution in [0.4, 0.5) is 29.1 Å². The Bertz CT molecular complexity index is 917. The molecule has 1 amide bonds. The number of aryl methyl sites for hydroxylation is 1. The molecule has 3 rings (SSSR count). The van der Waals surface area contributed by atoms with Gasteiger partial charge >= 0.3 is 0 Å². The van der Waals surface area contributed by atoms with Crippen molar-refractivity contribution >= 4 is 17.4 Å². The molecule has 2 heterocycles. The summed E-state index contributed by atoms with van der Waals surface area (Å²) in [6.07, 6.45) is 1.51. The zero-order valence-corrected chi connectivity index (χ0v) is 16.6. The first kappa shape index (κ1) is 21.1. The maximum absolute atomic E-state index is 14.6. The highest BCUT2D eigenvalue weighted by atomic mass is 19.2. The highest BCUT2D eigenvalue weighted by molar-refractivity contribution is 5.90. The van der Waals surface area contributed by atoms with E-state index in [1.165, 1.54) is 6.07 Å². The molecule has 0 bridgehead atoms. The van der Waals surface area contributed by atoms with Gasteiger partial charge < -0.3 is 10.2 Å². The van der Waals surface area contributed by atoms with Gasteiger partial charge in [-0.25, -0.2) is 22.5 Å². The molecule has 0 atom stereocenters. The van der Waals surface area contributed by atoms with Crippen LogP contribution >= 0.6 is 0 Å². The van der Waals surface area contributed by atoms with Crippen LogP contribution in [0.3, 0.4) is 0 Å². The van der Waals surface area contributed by atoms with Crippen molar-refractivity contribution in [3.05, 3.63) is 52.7 Å². The Morgan fingerprint density at radius 2 is 1.76 bits per heavy atom. The van der Waals surface area contributed by atoms with Crippen molar-refractivity contribution in [3.63, 3.8) is 0 Å². The molecule has 0 aliphatic carbocycles. The minimum absolute atomic E-state index is 0.0813. The highest BCUT2D eigenvalue weighted by Gasteiger charge is 2.24. The number of pyridine rings is 1. The van der Waals surface area contributed by atoms with Crippen LogP contribution in [0.5, 0.6) is 0 Å². The van der Waals surface area contributed by atoms with E-state index in [2.05, 4.69) is 10.3 Å². The molecular formula is C21H23F4N3O. The lowest BCUT2D eigenvalue weighted by molar-refractivity contribution is -0.117. The van der Waals surface area contributed by atoms with E-state index in [4.69, 9.17) is 0 Å². The first-order valence-electron chi connectivity index (χ1n) is 9.41. The van der Waals surface area contributed by atoms with Gasteiger partial charge in [-0.2, -0.15) is 0 Å². The molecule has 0 unspecified atom stereocenters. The number of nitrogens with zero attached hydrogens (tertiary/aromatic N) is 2. The van der Waals surface area contributed by atoms with Crippen molar-refractivity contribution in [1.82, 2.24) is 4.98 Å². The van der Waals surface area contributed by atoms with Crippen LogP contribution in [0.15, 0.2) is 18.2 Å². The lowest BCUT2D eigenvalue weighted by atomic mass is 9.92. The summed E-state index contributed by atoms with van der Waals surface area (Å²) in [6, 6.07) is 3.12. The standard InChI is InChI=1S/C21H23F4N3O/c1-21(2,3)10-18(29)27-20-15(24)9-17-16(26-20)5-4-6-28(17)11-12-7-13(22)19(25)14(23)8-12/h7-9H,4-6,10-11H2,1-3H3,(H,26,27,29). The van der Waals surface area contributed by atoms with Gasteiger partial charge in [0, 0.05) is 25.6 Å². The van der Waals surface area contributed by atoms with Crippen molar-refractivity contribution in [1.29, 1.82) is 0 Å². The maximum Gasteiger partial charge on any atom is 0.226 e. The molecular weight excluding hydrogens is 386 g/mol. The van der Waals surface area contributed by atoms with Crippen LogP contribution in [0.25, 0.3) is 0 Å². The van der Waals surface area contributed by atoms with Crippen molar-refractivity contribution < 1.29 is 22.4 Å². The topological polar surface area (TPSA) is 45.2 Å². The third-order valence-electron chi connectivity index (χ3n) is 4.58. The first-order chi connectivity index (χ1) is 13.5. The molecule has 156 valence electrons. The summed E-state index contributed by atoms with van der Waals surface area (Å²) in [6.45, 7) is 6.33. The molecule has 1 aliphatic rings. The fraction of sp³-hybridized carbons (Fsp3) is 0.429. The zero-order valence-electron chi connectivity index (χ0n) is 16.6. The predicted molar refractivity (Wildman–Crippen MR) is 103 cm³/mol. The second-order valence-electron chi connectivity index (χ2n) is 8.47. The molecule has 0 saturated heterocycles. The van der Waals surface area contributed by atoms with Gasteiger partial charge in [-0.15, -0.1) is 0 Å². The number of carbonyl (C=O) groups excluding carboxylic acids is 1. The van der Waals surface area contributed by atoms with E-state index in [1.54, 1.807) is 4.90 Å². The lowest BCUT2D eigenvalue weighted by Crippen LogP contribution is -2.30. The van der Waals surface area contributed by atoms with Crippen molar-refractivity contribution in [2.45, 2.75) is 46.6 Å². The van der Waals surface area contributed by atoms with Gasteiger partial charge in [0.1, 0.15) is 0 Å². The van der Waals surface area contributed by atoms with Gasteiger partial charge in [0.2, 0.25) is 5.91 Å². The number of aromatic nitrogens is 1. The van der Waals surface area contributed by atoms with Gasteiger partial charge in [-0.1, -0.05) is 20.8 Å². The number of halogens is 4. The SMILES string of the molecule is CC(C)(C)CC(=O)Nc1nc2c(cc1F)N(Cc1cc(F)c(F)c(F)c1)CCC2. The van der Waals surface area contributed by atoms with Crippen LogP contribution in [0, 0.1) is 28.7 Å². The second-order valence-corrected chi connectivity index (χ2v) is 8.47. The molecule has 4 nitrogen and oxygen atoms in total. The lowest BCUT2D eigenvalue weighted by Gasteiger charge is -2.31. The molecule has 2 aromatic rings. The van der Waals surface area contributed by atoms with E-state index in [0.29, 0.717) is 30.8 Å². The van der Waals surface area contributed by atoms with E-state index in [1.807, 2.05) is 20.8 Å². The van der Waals surface area contributed by atoms with Crippen LogP contribution < -0.4 is 10.2 Å². The quantitative estimate of drug-likeness (QED) is 0.573. The Balaban J connectivity index is 1.83. The van der Waals surface area contributed by atoms with Gasteiger partial charge in [0.05, 0.1) is 11.4 Å². The Hall–Kier alpha value is -2.64. The predicted octanol–water partition coefficient (Wildman–Crippen LogP) is 4.97. The molecule has 1 aliphatic heterocycles. The Morgan fingerprint density at radius 1 is 1.10 bits per heavy atom. The smallest absolute Gasteiger partial charge is 0.226 e. The molecule has 1 N–H and O–H groups in total. The molecule has 0 radical (unpaired) electrons. The summed E-state index contributed by atoms with van der Waals surface area (Å²) in [5, 5.41) is 2.52. The average Bonchev–Trinajstić information content (AvgIpc) is 2.59. The molecule has 0 spiro atoms. The summed E-state index contributed by atoms with van der Waals surface area (Å²) in [7, 11) is 0.